The van der Waals surface area contributed by atoms with Crippen molar-refractivity contribution in [2.24, 2.45) is 5.16 Å². The number of piperidine rings is 1. The highest BCUT2D eigenvalue weighted by Gasteiger charge is 2.44. The molecule has 1 fully saturated rings. The molecule has 0 aromatic heterocycles. The van der Waals surface area contributed by atoms with Gasteiger partial charge in [-0.25, -0.2) is 9.18 Å². The van der Waals surface area contributed by atoms with E-state index < -0.39 is 17.4 Å². The third-order valence-corrected chi connectivity index (χ3v) is 4.50. The fourth-order valence-electron chi connectivity index (χ4n) is 2.83. The molecule has 23 heavy (non-hydrogen) atoms. The topological polar surface area (TPSA) is 79.2 Å². The van der Waals surface area contributed by atoms with E-state index in [1.807, 2.05) is 0 Å². The minimum atomic E-state index is -1.08. The first-order chi connectivity index (χ1) is 10.9. The van der Waals surface area contributed by atoms with Crippen molar-refractivity contribution in [2.75, 3.05) is 13.1 Å². The number of carboxylic acid groups (broad SMARTS) is 1. The third-order valence-electron chi connectivity index (χ3n) is 4.21. The van der Waals surface area contributed by atoms with Gasteiger partial charge in [0.25, 0.3) is 5.91 Å². The Bertz CT molecular complexity index is 699. The Balaban J connectivity index is 1.64. The average molecular weight is 341 g/mol. The molecule has 122 valence electrons. The molecule has 1 amide bonds. The van der Waals surface area contributed by atoms with Gasteiger partial charge in [-0.2, -0.15) is 0 Å². The van der Waals surface area contributed by atoms with Crippen molar-refractivity contribution >= 4 is 29.2 Å². The van der Waals surface area contributed by atoms with Crippen LogP contribution in [-0.4, -0.2) is 46.3 Å². The van der Waals surface area contributed by atoms with E-state index in [1.165, 1.54) is 12.1 Å². The summed E-state index contributed by atoms with van der Waals surface area (Å²) in [4.78, 5) is 30.3. The molecule has 3 rings (SSSR count). The summed E-state index contributed by atoms with van der Waals surface area (Å²) in [5.41, 5.74) is -0.303. The number of carboxylic acids is 1. The first-order valence-electron chi connectivity index (χ1n) is 7.13. The van der Waals surface area contributed by atoms with E-state index in [0.717, 1.165) is 6.07 Å². The quantitative estimate of drug-likeness (QED) is 0.896. The van der Waals surface area contributed by atoms with Gasteiger partial charge in [0.2, 0.25) is 0 Å². The minimum Gasteiger partial charge on any atom is -0.477 e. The highest BCUT2D eigenvalue weighted by atomic mass is 35.5. The van der Waals surface area contributed by atoms with Gasteiger partial charge in [0.05, 0.1) is 5.02 Å². The monoisotopic (exact) mass is 340 g/mol. The number of amides is 1. The molecule has 1 spiro atoms. The van der Waals surface area contributed by atoms with Gasteiger partial charge in [-0.1, -0.05) is 16.8 Å². The van der Waals surface area contributed by atoms with Crippen molar-refractivity contribution in [3.8, 4) is 0 Å². The number of aliphatic carboxylic acids is 1. The Kier molecular flexibility index (Phi) is 3.97. The molecule has 1 saturated heterocycles. The minimum absolute atomic E-state index is 0.00935. The lowest BCUT2D eigenvalue weighted by Gasteiger charge is -2.37. The molecule has 0 aliphatic carbocycles. The highest BCUT2D eigenvalue weighted by Crippen LogP contribution is 2.35. The van der Waals surface area contributed by atoms with Crippen molar-refractivity contribution in [2.45, 2.75) is 24.9 Å². The van der Waals surface area contributed by atoms with Crippen LogP contribution in [0.3, 0.4) is 0 Å². The zero-order valence-electron chi connectivity index (χ0n) is 12.1. The van der Waals surface area contributed by atoms with Crippen molar-refractivity contribution in [1.82, 2.24) is 4.90 Å². The van der Waals surface area contributed by atoms with E-state index in [1.54, 1.807) is 4.90 Å². The molecular weight excluding hydrogens is 327 g/mol. The van der Waals surface area contributed by atoms with Gasteiger partial charge in [0.15, 0.2) is 5.71 Å². The van der Waals surface area contributed by atoms with Gasteiger partial charge >= 0.3 is 5.97 Å². The molecular formula is C15H14ClFN2O4. The van der Waals surface area contributed by atoms with Gasteiger partial charge in [-0.3, -0.25) is 4.79 Å². The Morgan fingerprint density at radius 2 is 2.04 bits per heavy atom. The molecule has 2 aliphatic heterocycles. The number of benzene rings is 1. The fourth-order valence-corrected chi connectivity index (χ4v) is 3.01. The normalized spacial score (nSPS) is 19.4. The molecule has 8 heteroatoms. The molecule has 0 unspecified atom stereocenters. The van der Waals surface area contributed by atoms with Crippen molar-refractivity contribution in [1.29, 1.82) is 0 Å². The number of halogens is 2. The number of rotatable bonds is 2. The van der Waals surface area contributed by atoms with Crippen molar-refractivity contribution in [3.63, 3.8) is 0 Å². The number of nitrogens with zero attached hydrogens (tertiary/aromatic N) is 2. The maximum Gasteiger partial charge on any atom is 0.353 e. The van der Waals surface area contributed by atoms with E-state index in [4.69, 9.17) is 21.5 Å². The predicted molar refractivity (Wildman–Crippen MR) is 80.1 cm³/mol. The lowest BCUT2D eigenvalue weighted by atomic mass is 9.86. The first kappa shape index (κ1) is 15.7. The summed E-state index contributed by atoms with van der Waals surface area (Å²) in [6.45, 7) is 0.826. The number of hydrogen-bond acceptors (Lipinski definition) is 4. The van der Waals surface area contributed by atoms with E-state index in [-0.39, 0.29) is 23.1 Å². The maximum atomic E-state index is 13.2. The second-order valence-electron chi connectivity index (χ2n) is 5.72. The summed E-state index contributed by atoms with van der Waals surface area (Å²) in [5.74, 6) is -1.89. The summed E-state index contributed by atoms with van der Waals surface area (Å²) in [7, 11) is 0. The number of oxime groups is 1. The molecule has 1 N–H and O–H groups in total. The molecule has 0 saturated carbocycles. The lowest BCUT2D eigenvalue weighted by molar-refractivity contribution is -0.129. The van der Waals surface area contributed by atoms with Crippen LogP contribution in [0.5, 0.6) is 0 Å². The lowest BCUT2D eigenvalue weighted by Crippen LogP contribution is -2.47. The molecule has 0 radical (unpaired) electrons. The molecule has 1 aromatic carbocycles. The van der Waals surface area contributed by atoms with Gasteiger partial charge in [0.1, 0.15) is 11.4 Å². The van der Waals surface area contributed by atoms with E-state index in [0.29, 0.717) is 31.5 Å². The summed E-state index contributed by atoms with van der Waals surface area (Å²) >= 11 is 5.70. The molecule has 0 atom stereocenters. The zero-order chi connectivity index (χ0) is 16.6. The summed E-state index contributed by atoms with van der Waals surface area (Å²) < 4.78 is 13.2. The number of carbonyl (C=O) groups excluding carboxylic acids is 1. The maximum absolute atomic E-state index is 13.2. The molecule has 1 aromatic rings. The number of carbonyl (C=O) groups is 2. The Morgan fingerprint density at radius 3 is 2.61 bits per heavy atom. The summed E-state index contributed by atoms with van der Waals surface area (Å²) in [6.07, 6.45) is 1.23. The van der Waals surface area contributed by atoms with Crippen LogP contribution in [0.1, 0.15) is 29.6 Å². The second kappa shape index (κ2) is 5.81. The molecule has 2 heterocycles. The second-order valence-corrected chi connectivity index (χ2v) is 6.12. The SMILES string of the molecule is O=C(O)C1=NOC2(CCN(C(=O)c3ccc(F)c(Cl)c3)CC2)C1. The fraction of sp³-hybridized carbons (Fsp3) is 0.400. The Labute approximate surface area is 136 Å². The molecule has 0 bridgehead atoms. The largest absolute Gasteiger partial charge is 0.477 e. The van der Waals surface area contributed by atoms with Crippen LogP contribution < -0.4 is 0 Å². The van der Waals surface area contributed by atoms with Crippen LogP contribution in [-0.2, 0) is 9.63 Å². The summed E-state index contributed by atoms with van der Waals surface area (Å²) in [6, 6.07) is 3.86. The van der Waals surface area contributed by atoms with Crippen LogP contribution in [0.15, 0.2) is 23.4 Å². The number of hydrogen-bond donors (Lipinski definition) is 1. The summed E-state index contributed by atoms with van der Waals surface area (Å²) in [5, 5.41) is 12.5. The highest BCUT2D eigenvalue weighted by molar-refractivity contribution is 6.36. The van der Waals surface area contributed by atoms with Crippen molar-refractivity contribution < 1.29 is 23.9 Å². The van der Waals surface area contributed by atoms with Crippen LogP contribution in [0, 0.1) is 5.82 Å². The van der Waals surface area contributed by atoms with Gasteiger partial charge in [-0.05, 0) is 18.2 Å². The Morgan fingerprint density at radius 1 is 1.35 bits per heavy atom. The van der Waals surface area contributed by atoms with Crippen LogP contribution in [0.4, 0.5) is 4.39 Å². The smallest absolute Gasteiger partial charge is 0.353 e. The first-order valence-corrected chi connectivity index (χ1v) is 7.51. The third kappa shape index (κ3) is 3.01. The van der Waals surface area contributed by atoms with Crippen LogP contribution in [0.25, 0.3) is 0 Å². The van der Waals surface area contributed by atoms with Crippen molar-refractivity contribution in [3.05, 3.63) is 34.6 Å². The van der Waals surface area contributed by atoms with Gasteiger partial charge in [-0.15, -0.1) is 0 Å². The van der Waals surface area contributed by atoms with E-state index in [9.17, 15) is 14.0 Å². The molecule has 2 aliphatic rings. The average Bonchev–Trinajstić information content (AvgIpc) is 2.94. The van der Waals surface area contributed by atoms with Gasteiger partial charge in [0, 0.05) is 37.9 Å². The van der Waals surface area contributed by atoms with Gasteiger partial charge < -0.3 is 14.8 Å². The van der Waals surface area contributed by atoms with Crippen LogP contribution in [0.2, 0.25) is 5.02 Å². The van der Waals surface area contributed by atoms with E-state index >= 15 is 0 Å². The predicted octanol–water partition coefficient (Wildman–Crippen LogP) is 2.31. The Hall–Kier alpha value is -2.15. The van der Waals surface area contributed by atoms with E-state index in [2.05, 4.69) is 5.16 Å². The zero-order valence-corrected chi connectivity index (χ0v) is 12.8. The van der Waals surface area contributed by atoms with Crippen LogP contribution >= 0.6 is 11.6 Å². The number of likely N-dealkylation sites (tertiary alicyclic amines) is 1. The molecule has 6 nitrogen and oxygen atoms in total. The standard InChI is InChI=1S/C15H14ClFN2O4/c16-10-7-9(1-2-11(10)17)13(20)19-5-3-15(4-6-19)8-12(14(21)22)18-23-15/h1-2,7H,3-6,8H2,(H,21,22).